The van der Waals surface area contributed by atoms with Gasteiger partial charge in [-0.3, -0.25) is 4.79 Å². The van der Waals surface area contributed by atoms with Crippen LogP contribution in [0.5, 0.6) is 5.75 Å². The smallest absolute Gasteiger partial charge is 0.350 e. The van der Waals surface area contributed by atoms with Crippen LogP contribution in [0.1, 0.15) is 30.9 Å². The molecular formula is C21H20N4O3. The second-order valence-electron chi connectivity index (χ2n) is 6.90. The zero-order chi connectivity index (χ0) is 19.8. The summed E-state index contributed by atoms with van der Waals surface area (Å²) in [7, 11) is 1.57. The number of hydrogen-bond acceptors (Lipinski definition) is 4. The van der Waals surface area contributed by atoms with Gasteiger partial charge in [0.05, 0.1) is 24.4 Å². The summed E-state index contributed by atoms with van der Waals surface area (Å²) in [6, 6.07) is 13.2. The Bertz CT molecular complexity index is 1310. The Balaban J connectivity index is 1.80. The van der Waals surface area contributed by atoms with Crippen molar-refractivity contribution in [1.82, 2.24) is 14.6 Å². The molecule has 2 heterocycles. The van der Waals surface area contributed by atoms with E-state index in [1.165, 1.54) is 11.8 Å². The minimum absolute atomic E-state index is 0.287. The SMILES string of the molecule is COc1ccc2c(c1)[nH]c1c(=O)n(/N=C\c3ccc(C(C)C)cc3)c(=O)[nH]c12. The largest absolute Gasteiger partial charge is 0.497 e. The number of benzene rings is 2. The molecular weight excluding hydrogens is 356 g/mol. The van der Waals surface area contributed by atoms with E-state index in [1.54, 1.807) is 25.3 Å². The number of nitrogens with one attached hydrogen (secondary N) is 2. The molecule has 0 radical (unpaired) electrons. The number of fused-ring (bicyclic) bond motifs is 3. The fraction of sp³-hybridized carbons (Fsp3) is 0.190. The molecule has 0 spiro atoms. The van der Waals surface area contributed by atoms with Crippen LogP contribution < -0.4 is 16.0 Å². The molecule has 7 nitrogen and oxygen atoms in total. The molecule has 0 amide bonds. The number of ether oxygens (including phenoxy) is 1. The molecule has 0 saturated carbocycles. The highest BCUT2D eigenvalue weighted by Crippen LogP contribution is 2.24. The second kappa shape index (κ2) is 6.84. The Hall–Kier alpha value is -3.61. The molecule has 2 aromatic carbocycles. The summed E-state index contributed by atoms with van der Waals surface area (Å²) in [5, 5.41) is 4.84. The van der Waals surface area contributed by atoms with Crippen molar-refractivity contribution in [2.45, 2.75) is 19.8 Å². The van der Waals surface area contributed by atoms with Crippen LogP contribution in [0.25, 0.3) is 21.9 Å². The van der Waals surface area contributed by atoms with E-state index in [2.05, 4.69) is 28.9 Å². The second-order valence-corrected chi connectivity index (χ2v) is 6.90. The first-order valence-corrected chi connectivity index (χ1v) is 8.97. The van der Waals surface area contributed by atoms with Crippen molar-refractivity contribution < 1.29 is 4.74 Å². The monoisotopic (exact) mass is 376 g/mol. The molecule has 28 heavy (non-hydrogen) atoms. The normalized spacial score (nSPS) is 11.9. The van der Waals surface area contributed by atoms with Crippen LogP contribution in [0.4, 0.5) is 0 Å². The molecule has 0 bridgehead atoms. The van der Waals surface area contributed by atoms with Crippen molar-refractivity contribution >= 4 is 28.2 Å². The van der Waals surface area contributed by atoms with Crippen molar-refractivity contribution in [3.63, 3.8) is 0 Å². The van der Waals surface area contributed by atoms with Gasteiger partial charge < -0.3 is 14.7 Å². The zero-order valence-corrected chi connectivity index (χ0v) is 15.8. The number of rotatable bonds is 4. The molecule has 142 valence electrons. The third-order valence-corrected chi connectivity index (χ3v) is 4.76. The highest BCUT2D eigenvalue weighted by Gasteiger charge is 2.13. The van der Waals surface area contributed by atoms with Crippen molar-refractivity contribution in [3.8, 4) is 5.75 Å². The predicted octanol–water partition coefficient (Wildman–Crippen LogP) is 3.19. The molecule has 0 saturated heterocycles. The summed E-state index contributed by atoms with van der Waals surface area (Å²) >= 11 is 0. The van der Waals surface area contributed by atoms with Crippen LogP contribution in [0, 0.1) is 0 Å². The lowest BCUT2D eigenvalue weighted by Crippen LogP contribution is -2.32. The number of aromatic amines is 2. The van der Waals surface area contributed by atoms with Crippen LogP contribution in [0.3, 0.4) is 0 Å². The minimum atomic E-state index is -0.593. The molecule has 2 N–H and O–H groups in total. The molecule has 0 fully saturated rings. The molecule has 7 heteroatoms. The van der Waals surface area contributed by atoms with E-state index in [0.29, 0.717) is 22.7 Å². The van der Waals surface area contributed by atoms with Gasteiger partial charge in [-0.15, -0.1) is 4.68 Å². The Morgan fingerprint density at radius 3 is 2.46 bits per heavy atom. The summed E-state index contributed by atoms with van der Waals surface area (Å²) in [4.78, 5) is 31.0. The third kappa shape index (κ3) is 3.00. The molecule has 4 aromatic rings. The standard InChI is InChI=1S/C21H20N4O3/c1-12(2)14-6-4-13(5-7-14)11-22-25-20(26)19-18(24-21(25)27)16-9-8-15(28-3)10-17(16)23-19/h4-12,23H,1-3H3,(H,24,27)/b22-11-. The van der Waals surface area contributed by atoms with Gasteiger partial charge in [0.2, 0.25) is 0 Å². The first-order chi connectivity index (χ1) is 13.5. The van der Waals surface area contributed by atoms with Gasteiger partial charge in [-0.2, -0.15) is 5.10 Å². The van der Waals surface area contributed by atoms with Crippen molar-refractivity contribution in [1.29, 1.82) is 0 Å². The van der Waals surface area contributed by atoms with E-state index < -0.39 is 11.2 Å². The topological polar surface area (TPSA) is 92.2 Å². The minimum Gasteiger partial charge on any atom is -0.497 e. The maximum Gasteiger partial charge on any atom is 0.350 e. The summed E-state index contributed by atoms with van der Waals surface area (Å²) in [6.07, 6.45) is 1.50. The zero-order valence-electron chi connectivity index (χ0n) is 15.8. The number of H-pyrrole nitrogens is 2. The van der Waals surface area contributed by atoms with Crippen LogP contribution >= 0.6 is 0 Å². The summed E-state index contributed by atoms with van der Waals surface area (Å²) in [6.45, 7) is 4.24. The molecule has 0 atom stereocenters. The molecule has 0 aliphatic rings. The lowest BCUT2D eigenvalue weighted by atomic mass is 10.0. The van der Waals surface area contributed by atoms with E-state index in [0.717, 1.165) is 15.6 Å². The fourth-order valence-corrected chi connectivity index (χ4v) is 3.15. The third-order valence-electron chi connectivity index (χ3n) is 4.76. The molecule has 0 aliphatic heterocycles. The van der Waals surface area contributed by atoms with Gasteiger partial charge in [0.25, 0.3) is 0 Å². The van der Waals surface area contributed by atoms with Gasteiger partial charge in [0, 0.05) is 11.5 Å². The Labute approximate surface area is 160 Å². The summed E-state index contributed by atoms with van der Waals surface area (Å²) in [5.41, 5.74) is 2.36. The van der Waals surface area contributed by atoms with Crippen LogP contribution in [-0.2, 0) is 0 Å². The highest BCUT2D eigenvalue weighted by molar-refractivity contribution is 6.04. The van der Waals surface area contributed by atoms with Gasteiger partial charge in [-0.25, -0.2) is 4.79 Å². The lowest BCUT2D eigenvalue weighted by Gasteiger charge is -2.04. The average Bonchev–Trinajstić information content (AvgIpc) is 3.06. The van der Waals surface area contributed by atoms with Gasteiger partial charge >= 0.3 is 11.2 Å². The van der Waals surface area contributed by atoms with Crippen LogP contribution in [0.2, 0.25) is 0 Å². The Morgan fingerprint density at radius 1 is 1.04 bits per heavy atom. The maximum absolute atomic E-state index is 12.8. The summed E-state index contributed by atoms with van der Waals surface area (Å²) in [5.74, 6) is 1.09. The number of aromatic nitrogens is 3. The molecule has 4 rings (SSSR count). The quantitative estimate of drug-likeness (QED) is 0.536. The molecule has 0 aliphatic carbocycles. The van der Waals surface area contributed by atoms with Gasteiger partial charge in [-0.1, -0.05) is 38.1 Å². The number of hydrogen-bond donors (Lipinski definition) is 2. The van der Waals surface area contributed by atoms with Crippen molar-refractivity contribution in [2.24, 2.45) is 5.10 Å². The van der Waals surface area contributed by atoms with Gasteiger partial charge in [0.15, 0.2) is 0 Å². The van der Waals surface area contributed by atoms with E-state index in [4.69, 9.17) is 4.74 Å². The lowest BCUT2D eigenvalue weighted by molar-refractivity contribution is 0.415. The first-order valence-electron chi connectivity index (χ1n) is 8.97. The van der Waals surface area contributed by atoms with Crippen molar-refractivity contribution in [2.75, 3.05) is 7.11 Å². The Kier molecular flexibility index (Phi) is 4.35. The fourth-order valence-electron chi connectivity index (χ4n) is 3.15. The maximum atomic E-state index is 12.8. The van der Waals surface area contributed by atoms with E-state index in [9.17, 15) is 9.59 Å². The van der Waals surface area contributed by atoms with Crippen molar-refractivity contribution in [3.05, 3.63) is 74.4 Å². The predicted molar refractivity (Wildman–Crippen MR) is 111 cm³/mol. The van der Waals surface area contributed by atoms with Crippen LogP contribution in [0.15, 0.2) is 57.2 Å². The van der Waals surface area contributed by atoms with E-state index in [1.807, 2.05) is 24.3 Å². The van der Waals surface area contributed by atoms with Gasteiger partial charge in [0.1, 0.15) is 11.3 Å². The Morgan fingerprint density at radius 2 is 1.79 bits per heavy atom. The summed E-state index contributed by atoms with van der Waals surface area (Å²) < 4.78 is 6.03. The number of methoxy groups -OCH3 is 1. The molecule has 2 aromatic heterocycles. The first kappa shape index (κ1) is 17.8. The van der Waals surface area contributed by atoms with Gasteiger partial charge in [-0.05, 0) is 29.2 Å². The van der Waals surface area contributed by atoms with Crippen LogP contribution in [-0.4, -0.2) is 28.0 Å². The van der Waals surface area contributed by atoms with E-state index >= 15 is 0 Å². The molecule has 0 unspecified atom stereocenters. The number of nitrogens with zero attached hydrogens (tertiary/aromatic N) is 2. The van der Waals surface area contributed by atoms with E-state index in [-0.39, 0.29) is 5.52 Å². The average molecular weight is 376 g/mol. The highest BCUT2D eigenvalue weighted by atomic mass is 16.5.